The van der Waals surface area contributed by atoms with E-state index >= 15 is 0 Å². The van der Waals surface area contributed by atoms with Crippen LogP contribution < -0.4 is 10.6 Å². The van der Waals surface area contributed by atoms with E-state index in [1.807, 2.05) is 21.6 Å². The number of nitrogens with zero attached hydrogens (tertiary/aromatic N) is 1. The van der Waals surface area contributed by atoms with Gasteiger partial charge in [0.2, 0.25) is 11.8 Å². The first kappa shape index (κ1) is 19.6. The summed E-state index contributed by atoms with van der Waals surface area (Å²) < 4.78 is 0. The Morgan fingerprint density at radius 3 is 2.96 bits per heavy atom. The van der Waals surface area contributed by atoms with E-state index < -0.39 is 0 Å². The van der Waals surface area contributed by atoms with Crippen molar-refractivity contribution in [3.8, 4) is 0 Å². The molecule has 6 nitrogen and oxygen atoms in total. The van der Waals surface area contributed by atoms with Crippen molar-refractivity contribution in [1.82, 2.24) is 4.90 Å². The van der Waals surface area contributed by atoms with Gasteiger partial charge in [0, 0.05) is 29.7 Å². The van der Waals surface area contributed by atoms with E-state index in [1.54, 1.807) is 23.1 Å². The molecule has 4 rings (SSSR count). The molecule has 0 aromatic heterocycles. The van der Waals surface area contributed by atoms with Crippen molar-refractivity contribution in [2.24, 2.45) is 0 Å². The SMILES string of the molecule is O=C(CCCC[C@H]1CCSS1)Nc1ccc2c(c1)C(=O)N1CCCC1C(=O)N2. The molecule has 1 aromatic carbocycles. The standard InChI is InChI=1S/C20H25N3O3S2/c24-18(6-2-1-4-14-9-11-27-28-14)21-13-7-8-16-15(12-13)20(26)23-10-3-5-17(23)19(25)22-16/h7-8,12,14,17H,1-6,9-11H2,(H,21,24)(H,22,25)/t14-,17?/m0/s1. The summed E-state index contributed by atoms with van der Waals surface area (Å²) in [5.74, 6) is 0.947. The van der Waals surface area contributed by atoms with Gasteiger partial charge in [0.15, 0.2) is 0 Å². The highest BCUT2D eigenvalue weighted by Gasteiger charge is 2.38. The van der Waals surface area contributed by atoms with Crippen LogP contribution in [0.4, 0.5) is 11.4 Å². The van der Waals surface area contributed by atoms with Crippen LogP contribution in [0.1, 0.15) is 55.3 Å². The van der Waals surface area contributed by atoms with Gasteiger partial charge in [0.25, 0.3) is 5.91 Å². The highest BCUT2D eigenvalue weighted by atomic mass is 33.1. The normalized spacial score (nSPS) is 23.8. The summed E-state index contributed by atoms with van der Waals surface area (Å²) in [4.78, 5) is 39.1. The van der Waals surface area contributed by atoms with Crippen molar-refractivity contribution in [3.05, 3.63) is 23.8 Å². The summed E-state index contributed by atoms with van der Waals surface area (Å²) >= 11 is 0. The molecular formula is C20H25N3O3S2. The zero-order chi connectivity index (χ0) is 19.5. The van der Waals surface area contributed by atoms with Crippen LogP contribution >= 0.6 is 21.6 Å². The minimum absolute atomic E-state index is 0.0300. The molecule has 3 heterocycles. The molecule has 2 fully saturated rings. The van der Waals surface area contributed by atoms with Crippen molar-refractivity contribution in [2.45, 2.75) is 56.2 Å². The van der Waals surface area contributed by atoms with E-state index in [0.717, 1.165) is 24.5 Å². The third-order valence-electron chi connectivity index (χ3n) is 5.52. The Morgan fingerprint density at radius 1 is 1.25 bits per heavy atom. The second kappa shape index (κ2) is 8.78. The number of hydrogen-bond donors (Lipinski definition) is 2. The summed E-state index contributed by atoms with van der Waals surface area (Å²) in [5.41, 5.74) is 1.58. The fourth-order valence-corrected chi connectivity index (χ4v) is 7.03. The fraction of sp³-hybridized carbons (Fsp3) is 0.550. The van der Waals surface area contributed by atoms with E-state index in [9.17, 15) is 14.4 Å². The van der Waals surface area contributed by atoms with Crippen LogP contribution in [-0.4, -0.2) is 46.2 Å². The molecular weight excluding hydrogens is 394 g/mol. The molecule has 1 unspecified atom stereocenters. The van der Waals surface area contributed by atoms with E-state index in [-0.39, 0.29) is 23.8 Å². The molecule has 3 aliphatic rings. The highest BCUT2D eigenvalue weighted by molar-refractivity contribution is 8.77. The van der Waals surface area contributed by atoms with Crippen molar-refractivity contribution in [2.75, 3.05) is 22.9 Å². The molecule has 3 amide bonds. The maximum absolute atomic E-state index is 12.9. The minimum Gasteiger partial charge on any atom is -0.327 e. The number of hydrogen-bond acceptors (Lipinski definition) is 5. The number of fused-ring (bicyclic) bond motifs is 2. The predicted octanol–water partition coefficient (Wildman–Crippen LogP) is 3.90. The van der Waals surface area contributed by atoms with Gasteiger partial charge in [0.05, 0.1) is 11.3 Å². The zero-order valence-electron chi connectivity index (χ0n) is 15.7. The first-order chi connectivity index (χ1) is 13.6. The number of anilines is 2. The third-order valence-corrected chi connectivity index (χ3v) is 8.52. The molecule has 2 saturated heterocycles. The van der Waals surface area contributed by atoms with E-state index in [2.05, 4.69) is 10.6 Å². The van der Waals surface area contributed by atoms with Gasteiger partial charge >= 0.3 is 0 Å². The first-order valence-corrected chi connectivity index (χ1v) is 12.3. The number of unbranched alkanes of at least 4 members (excludes halogenated alkanes) is 1. The largest absolute Gasteiger partial charge is 0.327 e. The molecule has 0 saturated carbocycles. The van der Waals surface area contributed by atoms with Crippen molar-refractivity contribution in [1.29, 1.82) is 0 Å². The number of benzene rings is 1. The monoisotopic (exact) mass is 419 g/mol. The summed E-state index contributed by atoms with van der Waals surface area (Å²) in [7, 11) is 3.92. The van der Waals surface area contributed by atoms with Crippen LogP contribution in [0.2, 0.25) is 0 Å². The Bertz CT molecular complexity index is 780. The fourth-order valence-electron chi connectivity index (χ4n) is 4.01. The van der Waals surface area contributed by atoms with Gasteiger partial charge in [-0.15, -0.1) is 0 Å². The predicted molar refractivity (Wildman–Crippen MR) is 115 cm³/mol. The number of carbonyl (C=O) groups excluding carboxylic acids is 3. The molecule has 0 spiro atoms. The van der Waals surface area contributed by atoms with Crippen LogP contribution in [0, 0.1) is 0 Å². The van der Waals surface area contributed by atoms with Gasteiger partial charge in [0.1, 0.15) is 6.04 Å². The highest BCUT2D eigenvalue weighted by Crippen LogP contribution is 2.40. The summed E-state index contributed by atoms with van der Waals surface area (Å²) in [6.07, 6.45) is 6.43. The molecule has 150 valence electrons. The first-order valence-electron chi connectivity index (χ1n) is 9.96. The van der Waals surface area contributed by atoms with Crippen LogP contribution in [0.3, 0.4) is 0 Å². The lowest BCUT2D eigenvalue weighted by Gasteiger charge is -2.20. The van der Waals surface area contributed by atoms with Crippen LogP contribution in [0.5, 0.6) is 0 Å². The number of carbonyl (C=O) groups is 3. The van der Waals surface area contributed by atoms with E-state index in [0.29, 0.717) is 36.3 Å². The average molecular weight is 420 g/mol. The quantitative estimate of drug-likeness (QED) is 0.540. The Kier molecular flexibility index (Phi) is 6.16. The summed E-state index contributed by atoms with van der Waals surface area (Å²) in [5, 5.41) is 6.50. The molecule has 0 bridgehead atoms. The smallest absolute Gasteiger partial charge is 0.256 e. The summed E-state index contributed by atoms with van der Waals surface area (Å²) in [6.45, 7) is 0.602. The van der Waals surface area contributed by atoms with Crippen LogP contribution in [0.25, 0.3) is 0 Å². The number of amides is 3. The van der Waals surface area contributed by atoms with Crippen molar-refractivity contribution in [3.63, 3.8) is 0 Å². The summed E-state index contributed by atoms with van der Waals surface area (Å²) in [6, 6.07) is 4.75. The molecule has 2 N–H and O–H groups in total. The lowest BCUT2D eigenvalue weighted by Crippen LogP contribution is -2.40. The molecule has 3 aliphatic heterocycles. The van der Waals surface area contributed by atoms with Crippen LogP contribution in [-0.2, 0) is 9.59 Å². The number of rotatable bonds is 6. The molecule has 28 heavy (non-hydrogen) atoms. The Labute approximate surface area is 173 Å². The van der Waals surface area contributed by atoms with E-state index in [1.165, 1.54) is 18.6 Å². The van der Waals surface area contributed by atoms with E-state index in [4.69, 9.17) is 0 Å². The average Bonchev–Trinajstić information content (AvgIpc) is 3.36. The van der Waals surface area contributed by atoms with Gasteiger partial charge in [-0.3, -0.25) is 14.4 Å². The topological polar surface area (TPSA) is 78.5 Å². The molecule has 1 aromatic rings. The minimum atomic E-state index is -0.380. The van der Waals surface area contributed by atoms with Gasteiger partial charge in [-0.25, -0.2) is 0 Å². The zero-order valence-corrected chi connectivity index (χ0v) is 17.4. The molecule has 0 aliphatic carbocycles. The van der Waals surface area contributed by atoms with Gasteiger partial charge < -0.3 is 15.5 Å². The van der Waals surface area contributed by atoms with Crippen LogP contribution in [0.15, 0.2) is 18.2 Å². The molecule has 8 heteroatoms. The second-order valence-electron chi connectivity index (χ2n) is 7.53. The lowest BCUT2D eigenvalue weighted by molar-refractivity contribution is -0.119. The van der Waals surface area contributed by atoms with Gasteiger partial charge in [-0.1, -0.05) is 28.0 Å². The molecule has 2 atom stereocenters. The maximum atomic E-state index is 12.9. The Balaban J connectivity index is 1.34. The maximum Gasteiger partial charge on any atom is 0.256 e. The lowest BCUT2D eigenvalue weighted by atomic mass is 10.1. The number of nitrogens with one attached hydrogen (secondary N) is 2. The van der Waals surface area contributed by atoms with Crippen molar-refractivity contribution >= 4 is 50.7 Å². The molecule has 0 radical (unpaired) electrons. The van der Waals surface area contributed by atoms with Gasteiger partial charge in [-0.2, -0.15) is 0 Å². The third kappa shape index (κ3) is 4.33. The Morgan fingerprint density at radius 2 is 2.14 bits per heavy atom. The van der Waals surface area contributed by atoms with Gasteiger partial charge in [-0.05, 0) is 50.3 Å². The van der Waals surface area contributed by atoms with Crippen molar-refractivity contribution < 1.29 is 14.4 Å². The second-order valence-corrected chi connectivity index (χ2v) is 10.3. The Hall–Kier alpha value is -1.67.